The maximum atomic E-state index is 12.2. The summed E-state index contributed by atoms with van der Waals surface area (Å²) in [5.74, 6) is -1.58. The van der Waals surface area contributed by atoms with Crippen molar-refractivity contribution in [1.82, 2.24) is 0 Å². The summed E-state index contributed by atoms with van der Waals surface area (Å²) in [6.45, 7) is 1.01. The summed E-state index contributed by atoms with van der Waals surface area (Å²) in [6, 6.07) is 15.5. The molecule has 0 fully saturated rings. The number of carbonyl (C=O) groups excluding carboxylic acids is 2. The number of aliphatic hydroxyl groups excluding tert-OH is 2. The molecule has 0 bridgehead atoms. The van der Waals surface area contributed by atoms with E-state index in [2.05, 4.69) is 31.2 Å². The van der Waals surface area contributed by atoms with Gasteiger partial charge >= 0.3 is 0 Å². The topological polar surface area (TPSA) is 74.6 Å². The zero-order chi connectivity index (χ0) is 17.5. The molecule has 4 heteroatoms. The molecule has 0 radical (unpaired) electrons. The molecule has 1 atom stereocenters. The van der Waals surface area contributed by atoms with Gasteiger partial charge in [-0.3, -0.25) is 9.59 Å². The number of aryl methyl sites for hydroxylation is 1. The van der Waals surface area contributed by atoms with E-state index in [9.17, 15) is 14.7 Å². The van der Waals surface area contributed by atoms with Gasteiger partial charge in [0.2, 0.25) is 0 Å². The fraction of sp³-hybridized carbons (Fsp3) is 0.300. The third kappa shape index (κ3) is 4.37. The molecule has 2 N–H and O–H groups in total. The van der Waals surface area contributed by atoms with Gasteiger partial charge in [0.05, 0.1) is 12.5 Å². The molecule has 24 heavy (non-hydrogen) atoms. The zero-order valence-corrected chi connectivity index (χ0v) is 13.7. The highest BCUT2D eigenvalue weighted by Gasteiger charge is 2.21. The SMILES string of the molecule is CCc1ccc(-c2ccc(C(=O)C[C@@H](CO)C(=O)CO)cc2)cc1. The molecule has 0 aliphatic carbocycles. The molecular formula is C20H22O4. The molecular weight excluding hydrogens is 304 g/mol. The number of aliphatic hydroxyl groups is 2. The molecule has 0 saturated carbocycles. The summed E-state index contributed by atoms with van der Waals surface area (Å²) in [6.07, 6.45) is 0.896. The number of ketones is 2. The van der Waals surface area contributed by atoms with Crippen LogP contribution in [0.5, 0.6) is 0 Å². The summed E-state index contributed by atoms with van der Waals surface area (Å²) in [7, 11) is 0. The summed E-state index contributed by atoms with van der Waals surface area (Å²) in [5, 5.41) is 18.0. The third-order valence-electron chi connectivity index (χ3n) is 4.17. The van der Waals surface area contributed by atoms with Gasteiger partial charge in [-0.1, -0.05) is 55.5 Å². The fourth-order valence-corrected chi connectivity index (χ4v) is 2.53. The summed E-state index contributed by atoms with van der Waals surface area (Å²) in [5.41, 5.74) is 3.86. The van der Waals surface area contributed by atoms with Crippen LogP contribution in [0.2, 0.25) is 0 Å². The average molecular weight is 326 g/mol. The van der Waals surface area contributed by atoms with Crippen molar-refractivity contribution < 1.29 is 19.8 Å². The lowest BCUT2D eigenvalue weighted by molar-refractivity contribution is -0.126. The second kappa shape index (κ2) is 8.52. The Hall–Kier alpha value is -2.30. The molecule has 0 spiro atoms. The predicted molar refractivity (Wildman–Crippen MR) is 92.9 cm³/mol. The van der Waals surface area contributed by atoms with E-state index in [1.807, 2.05) is 12.1 Å². The van der Waals surface area contributed by atoms with Gasteiger partial charge < -0.3 is 10.2 Å². The number of benzene rings is 2. The van der Waals surface area contributed by atoms with Crippen LogP contribution >= 0.6 is 0 Å². The van der Waals surface area contributed by atoms with E-state index in [0.29, 0.717) is 5.56 Å². The van der Waals surface area contributed by atoms with Gasteiger partial charge in [0.15, 0.2) is 11.6 Å². The molecule has 2 aromatic rings. The third-order valence-corrected chi connectivity index (χ3v) is 4.17. The molecule has 4 nitrogen and oxygen atoms in total. The first kappa shape index (κ1) is 18.0. The van der Waals surface area contributed by atoms with Crippen molar-refractivity contribution in [3.05, 3.63) is 59.7 Å². The van der Waals surface area contributed by atoms with E-state index in [0.717, 1.165) is 17.5 Å². The van der Waals surface area contributed by atoms with E-state index in [1.165, 1.54) is 5.56 Å². The molecule has 0 heterocycles. The number of rotatable bonds is 8. The average Bonchev–Trinajstić information content (AvgIpc) is 2.65. The Morgan fingerprint density at radius 1 is 0.917 bits per heavy atom. The van der Waals surface area contributed by atoms with E-state index >= 15 is 0 Å². The van der Waals surface area contributed by atoms with Gasteiger partial charge in [0.1, 0.15) is 6.61 Å². The first-order valence-corrected chi connectivity index (χ1v) is 8.06. The minimum absolute atomic E-state index is 0.0968. The van der Waals surface area contributed by atoms with Crippen molar-refractivity contribution >= 4 is 11.6 Å². The number of Topliss-reactive ketones (excluding diaryl/α,β-unsaturated/α-hetero) is 2. The van der Waals surface area contributed by atoms with Crippen LogP contribution in [0.4, 0.5) is 0 Å². The Morgan fingerprint density at radius 3 is 1.92 bits per heavy atom. The van der Waals surface area contributed by atoms with Crippen molar-refractivity contribution in [1.29, 1.82) is 0 Å². The quantitative estimate of drug-likeness (QED) is 0.731. The van der Waals surface area contributed by atoms with Crippen molar-refractivity contribution in [3.63, 3.8) is 0 Å². The Kier molecular flexibility index (Phi) is 6.41. The van der Waals surface area contributed by atoms with E-state index in [-0.39, 0.29) is 12.2 Å². The molecule has 2 aromatic carbocycles. The number of hydrogen-bond donors (Lipinski definition) is 2. The van der Waals surface area contributed by atoms with Gasteiger partial charge in [-0.05, 0) is 23.1 Å². The van der Waals surface area contributed by atoms with E-state index in [1.54, 1.807) is 12.1 Å². The number of carbonyl (C=O) groups is 2. The minimum Gasteiger partial charge on any atom is -0.396 e. The molecule has 0 aromatic heterocycles. The largest absolute Gasteiger partial charge is 0.396 e. The standard InChI is InChI=1S/C20H22O4/c1-2-14-3-5-15(6-4-14)16-7-9-17(10-8-16)19(23)11-18(12-21)20(24)13-22/h3-10,18,21-22H,2,11-13H2,1H3/t18-/m0/s1. The summed E-state index contributed by atoms with van der Waals surface area (Å²) >= 11 is 0. The molecule has 0 aliphatic heterocycles. The Labute approximate surface area is 141 Å². The predicted octanol–water partition coefficient (Wildman–Crippen LogP) is 2.66. The van der Waals surface area contributed by atoms with Gasteiger partial charge in [0.25, 0.3) is 0 Å². The lowest BCUT2D eigenvalue weighted by Gasteiger charge is -2.11. The van der Waals surface area contributed by atoms with Crippen molar-refractivity contribution in [2.45, 2.75) is 19.8 Å². The summed E-state index contributed by atoms with van der Waals surface area (Å²) in [4.78, 5) is 23.7. The Bertz CT molecular complexity index is 687. The van der Waals surface area contributed by atoms with Crippen LogP contribution in [0, 0.1) is 5.92 Å². The highest BCUT2D eigenvalue weighted by Crippen LogP contribution is 2.21. The van der Waals surface area contributed by atoms with Gasteiger partial charge in [-0.15, -0.1) is 0 Å². The second-order valence-electron chi connectivity index (χ2n) is 5.76. The first-order valence-electron chi connectivity index (χ1n) is 8.06. The zero-order valence-electron chi connectivity index (χ0n) is 13.7. The van der Waals surface area contributed by atoms with Crippen LogP contribution < -0.4 is 0 Å². The van der Waals surface area contributed by atoms with Crippen molar-refractivity contribution in [3.8, 4) is 11.1 Å². The molecule has 0 saturated heterocycles. The molecule has 0 unspecified atom stereocenters. The van der Waals surface area contributed by atoms with E-state index in [4.69, 9.17) is 5.11 Å². The smallest absolute Gasteiger partial charge is 0.163 e. The summed E-state index contributed by atoms with van der Waals surface area (Å²) < 4.78 is 0. The Balaban J connectivity index is 2.10. The van der Waals surface area contributed by atoms with Crippen LogP contribution in [-0.2, 0) is 11.2 Å². The lowest BCUT2D eigenvalue weighted by Crippen LogP contribution is -2.24. The van der Waals surface area contributed by atoms with Crippen LogP contribution in [-0.4, -0.2) is 35.0 Å². The fourth-order valence-electron chi connectivity index (χ4n) is 2.53. The van der Waals surface area contributed by atoms with Gasteiger partial charge in [-0.25, -0.2) is 0 Å². The maximum absolute atomic E-state index is 12.2. The van der Waals surface area contributed by atoms with Gasteiger partial charge in [0, 0.05) is 12.0 Å². The minimum atomic E-state index is -0.844. The number of hydrogen-bond acceptors (Lipinski definition) is 4. The van der Waals surface area contributed by atoms with Crippen LogP contribution in [0.25, 0.3) is 11.1 Å². The van der Waals surface area contributed by atoms with Gasteiger partial charge in [-0.2, -0.15) is 0 Å². The monoisotopic (exact) mass is 326 g/mol. The molecule has 0 aliphatic rings. The van der Waals surface area contributed by atoms with Crippen LogP contribution in [0.3, 0.4) is 0 Å². The second-order valence-corrected chi connectivity index (χ2v) is 5.76. The molecule has 0 amide bonds. The van der Waals surface area contributed by atoms with Crippen LogP contribution in [0.15, 0.2) is 48.5 Å². The molecule has 2 rings (SSSR count). The highest BCUT2D eigenvalue weighted by atomic mass is 16.3. The Morgan fingerprint density at radius 2 is 1.46 bits per heavy atom. The van der Waals surface area contributed by atoms with Crippen molar-refractivity contribution in [2.75, 3.05) is 13.2 Å². The van der Waals surface area contributed by atoms with Crippen LogP contribution in [0.1, 0.15) is 29.3 Å². The lowest BCUT2D eigenvalue weighted by atomic mass is 9.94. The highest BCUT2D eigenvalue weighted by molar-refractivity contribution is 5.99. The molecule has 126 valence electrons. The van der Waals surface area contributed by atoms with Crippen molar-refractivity contribution in [2.24, 2.45) is 5.92 Å². The maximum Gasteiger partial charge on any atom is 0.163 e. The normalized spacial score (nSPS) is 12.0. The van der Waals surface area contributed by atoms with E-state index < -0.39 is 24.9 Å². The first-order chi connectivity index (χ1) is 11.6.